The molecule has 1 aromatic heterocycles. The zero-order chi connectivity index (χ0) is 13.0. The fourth-order valence-electron chi connectivity index (χ4n) is 1.42. The Morgan fingerprint density at radius 1 is 1.22 bits per heavy atom. The van der Waals surface area contributed by atoms with E-state index in [1.54, 1.807) is 0 Å². The van der Waals surface area contributed by atoms with Gasteiger partial charge in [-0.15, -0.1) is 5.11 Å². The zero-order valence-corrected chi connectivity index (χ0v) is 10.5. The van der Waals surface area contributed by atoms with E-state index in [0.29, 0.717) is 5.82 Å². The van der Waals surface area contributed by atoms with Crippen molar-refractivity contribution in [3.63, 3.8) is 0 Å². The van der Waals surface area contributed by atoms with Gasteiger partial charge in [-0.3, -0.25) is 0 Å². The standard InChI is InChI=1S/C12H12ClN5/c1-8(9-5-3-2-4-6-9)17-18-11-7-10(13)15-12(14)16-11/h2-8H,1H3,(H2,14,15,16). The van der Waals surface area contributed by atoms with Gasteiger partial charge in [-0.1, -0.05) is 41.9 Å². The van der Waals surface area contributed by atoms with E-state index in [1.165, 1.54) is 6.07 Å². The number of rotatable bonds is 3. The highest BCUT2D eigenvalue weighted by molar-refractivity contribution is 6.29. The number of nitrogen functional groups attached to an aromatic ring is 1. The molecule has 0 saturated heterocycles. The number of hydrogen-bond donors (Lipinski definition) is 1. The van der Waals surface area contributed by atoms with Crippen molar-refractivity contribution in [2.45, 2.75) is 13.0 Å². The Balaban J connectivity index is 2.15. The summed E-state index contributed by atoms with van der Waals surface area (Å²) in [6, 6.07) is 11.3. The summed E-state index contributed by atoms with van der Waals surface area (Å²) in [6.45, 7) is 1.95. The second-order valence-corrected chi connectivity index (χ2v) is 4.10. The van der Waals surface area contributed by atoms with Crippen molar-refractivity contribution < 1.29 is 0 Å². The summed E-state index contributed by atoms with van der Waals surface area (Å²) in [7, 11) is 0. The molecule has 2 N–H and O–H groups in total. The fourth-order valence-corrected chi connectivity index (χ4v) is 1.60. The van der Waals surface area contributed by atoms with Crippen LogP contribution in [0.3, 0.4) is 0 Å². The molecule has 0 amide bonds. The van der Waals surface area contributed by atoms with E-state index in [-0.39, 0.29) is 17.1 Å². The van der Waals surface area contributed by atoms with Gasteiger partial charge in [0.25, 0.3) is 0 Å². The minimum atomic E-state index is -0.0545. The summed E-state index contributed by atoms with van der Waals surface area (Å²) in [6.07, 6.45) is 0. The molecule has 2 aromatic rings. The maximum Gasteiger partial charge on any atom is 0.223 e. The minimum Gasteiger partial charge on any atom is -0.368 e. The van der Waals surface area contributed by atoms with E-state index in [2.05, 4.69) is 20.2 Å². The second-order valence-electron chi connectivity index (χ2n) is 3.71. The Kier molecular flexibility index (Phi) is 3.84. The topological polar surface area (TPSA) is 76.5 Å². The zero-order valence-electron chi connectivity index (χ0n) is 9.79. The Morgan fingerprint density at radius 2 is 1.94 bits per heavy atom. The molecule has 0 saturated carbocycles. The molecule has 1 aromatic carbocycles. The average Bonchev–Trinajstić information content (AvgIpc) is 2.36. The predicted molar refractivity (Wildman–Crippen MR) is 70.8 cm³/mol. The summed E-state index contributed by atoms with van der Waals surface area (Å²) < 4.78 is 0. The van der Waals surface area contributed by atoms with Crippen LogP contribution in [0, 0.1) is 0 Å². The molecule has 0 radical (unpaired) electrons. The highest BCUT2D eigenvalue weighted by Crippen LogP contribution is 2.20. The molecule has 0 aliphatic rings. The first-order chi connectivity index (χ1) is 8.65. The van der Waals surface area contributed by atoms with Crippen LogP contribution in [-0.2, 0) is 0 Å². The molecule has 1 heterocycles. The van der Waals surface area contributed by atoms with Crippen LogP contribution in [0.1, 0.15) is 18.5 Å². The number of hydrogen-bond acceptors (Lipinski definition) is 5. The third kappa shape index (κ3) is 3.24. The molecule has 0 aliphatic heterocycles. The Hall–Kier alpha value is -2.01. The van der Waals surface area contributed by atoms with E-state index in [4.69, 9.17) is 17.3 Å². The summed E-state index contributed by atoms with van der Waals surface area (Å²) in [5.41, 5.74) is 6.55. The van der Waals surface area contributed by atoms with Gasteiger partial charge in [0.1, 0.15) is 5.15 Å². The van der Waals surface area contributed by atoms with Crippen LogP contribution in [0.5, 0.6) is 0 Å². The Labute approximate surface area is 110 Å². The largest absolute Gasteiger partial charge is 0.368 e. The summed E-state index contributed by atoms with van der Waals surface area (Å²) in [4.78, 5) is 7.67. The third-order valence-electron chi connectivity index (χ3n) is 2.31. The molecule has 1 unspecified atom stereocenters. The first-order valence-electron chi connectivity index (χ1n) is 5.41. The van der Waals surface area contributed by atoms with Gasteiger partial charge in [-0.05, 0) is 12.5 Å². The monoisotopic (exact) mass is 261 g/mol. The van der Waals surface area contributed by atoms with Crippen molar-refractivity contribution in [2.75, 3.05) is 5.73 Å². The molecule has 6 heteroatoms. The lowest BCUT2D eigenvalue weighted by atomic mass is 10.1. The van der Waals surface area contributed by atoms with E-state index in [9.17, 15) is 0 Å². The van der Waals surface area contributed by atoms with E-state index >= 15 is 0 Å². The lowest BCUT2D eigenvalue weighted by Gasteiger charge is -2.04. The number of anilines is 1. The smallest absolute Gasteiger partial charge is 0.223 e. The van der Waals surface area contributed by atoms with Gasteiger partial charge in [0.15, 0.2) is 5.82 Å². The van der Waals surface area contributed by atoms with Gasteiger partial charge in [0.05, 0.1) is 6.04 Å². The summed E-state index contributed by atoms with van der Waals surface area (Å²) >= 11 is 5.75. The highest BCUT2D eigenvalue weighted by Gasteiger charge is 2.03. The van der Waals surface area contributed by atoms with Crippen molar-refractivity contribution in [3.05, 3.63) is 47.1 Å². The van der Waals surface area contributed by atoms with E-state index in [1.807, 2.05) is 37.3 Å². The van der Waals surface area contributed by atoms with E-state index in [0.717, 1.165) is 5.56 Å². The first kappa shape index (κ1) is 12.4. The molecule has 5 nitrogen and oxygen atoms in total. The van der Waals surface area contributed by atoms with Crippen molar-refractivity contribution in [3.8, 4) is 0 Å². The first-order valence-corrected chi connectivity index (χ1v) is 5.79. The van der Waals surface area contributed by atoms with Gasteiger partial charge >= 0.3 is 0 Å². The predicted octanol–water partition coefficient (Wildman–Crippen LogP) is 3.56. The van der Waals surface area contributed by atoms with Crippen LogP contribution in [-0.4, -0.2) is 9.97 Å². The number of nitrogens with zero attached hydrogens (tertiary/aromatic N) is 4. The summed E-state index contributed by atoms with van der Waals surface area (Å²) in [5, 5.41) is 8.43. The number of benzene rings is 1. The molecular weight excluding hydrogens is 250 g/mol. The third-order valence-corrected chi connectivity index (χ3v) is 2.51. The molecule has 2 rings (SSSR count). The molecule has 0 bridgehead atoms. The van der Waals surface area contributed by atoms with Crippen molar-refractivity contribution in [1.82, 2.24) is 9.97 Å². The maximum absolute atomic E-state index is 5.75. The lowest BCUT2D eigenvalue weighted by Crippen LogP contribution is -1.94. The second kappa shape index (κ2) is 5.55. The van der Waals surface area contributed by atoms with Crippen LogP contribution in [0.15, 0.2) is 46.6 Å². The number of halogens is 1. The highest BCUT2D eigenvalue weighted by atomic mass is 35.5. The van der Waals surface area contributed by atoms with Crippen molar-refractivity contribution in [1.29, 1.82) is 0 Å². The van der Waals surface area contributed by atoms with Gasteiger partial charge in [-0.2, -0.15) is 10.1 Å². The molecular formula is C12H12ClN5. The Morgan fingerprint density at radius 3 is 2.61 bits per heavy atom. The van der Waals surface area contributed by atoms with Crippen molar-refractivity contribution in [2.24, 2.45) is 10.2 Å². The van der Waals surface area contributed by atoms with Crippen LogP contribution in [0.25, 0.3) is 0 Å². The van der Waals surface area contributed by atoms with Crippen LogP contribution >= 0.6 is 11.6 Å². The molecule has 92 valence electrons. The fraction of sp³-hybridized carbons (Fsp3) is 0.167. The van der Waals surface area contributed by atoms with Gasteiger partial charge in [0.2, 0.25) is 5.95 Å². The van der Waals surface area contributed by atoms with Crippen LogP contribution < -0.4 is 5.73 Å². The van der Waals surface area contributed by atoms with Crippen LogP contribution in [0.2, 0.25) is 5.15 Å². The van der Waals surface area contributed by atoms with Crippen LogP contribution in [0.4, 0.5) is 11.8 Å². The minimum absolute atomic E-state index is 0.0545. The number of azo groups is 1. The van der Waals surface area contributed by atoms with Gasteiger partial charge in [-0.25, -0.2) is 4.98 Å². The number of nitrogens with two attached hydrogens (primary N) is 1. The van der Waals surface area contributed by atoms with E-state index < -0.39 is 0 Å². The summed E-state index contributed by atoms with van der Waals surface area (Å²) in [5.74, 6) is 0.444. The number of aromatic nitrogens is 2. The maximum atomic E-state index is 5.75. The average molecular weight is 262 g/mol. The molecule has 1 atom stereocenters. The van der Waals surface area contributed by atoms with Gasteiger partial charge in [0, 0.05) is 6.07 Å². The quantitative estimate of drug-likeness (QED) is 0.678. The molecule has 0 aliphatic carbocycles. The van der Waals surface area contributed by atoms with Crippen molar-refractivity contribution >= 4 is 23.4 Å². The lowest BCUT2D eigenvalue weighted by molar-refractivity contribution is 0.760. The molecule has 0 spiro atoms. The normalized spacial score (nSPS) is 12.8. The molecule has 0 fully saturated rings. The van der Waals surface area contributed by atoms with Gasteiger partial charge < -0.3 is 5.73 Å². The Bertz CT molecular complexity index is 535. The molecule has 18 heavy (non-hydrogen) atoms. The SMILES string of the molecule is CC(N=Nc1cc(Cl)nc(N)n1)c1ccccc1.